The topological polar surface area (TPSA) is 44.8 Å². The molecular formula is C25H34O4. The molecule has 4 nitrogen and oxygen atoms in total. The standard InChI is InChI=1S/C25H34O4/c1-18(11-12-21-9-7-6-8-10-21)13-19(2)14-20(3)16-24(4)17-25(5)22(28-29-24)15-23(26)27-25/h6-11,13,20,22H,12,14-17H2,1-5H3/b18-11+,19-13+/t20-,22+,24+,25+/m0/s1. The van der Waals surface area contributed by atoms with Crippen LogP contribution in [0.3, 0.4) is 0 Å². The highest BCUT2D eigenvalue weighted by molar-refractivity contribution is 5.73. The number of ether oxygens (including phenoxy) is 1. The van der Waals surface area contributed by atoms with Crippen LogP contribution in [0, 0.1) is 5.92 Å². The number of esters is 1. The van der Waals surface area contributed by atoms with Crippen molar-refractivity contribution in [2.24, 2.45) is 5.92 Å². The van der Waals surface area contributed by atoms with Crippen LogP contribution >= 0.6 is 0 Å². The number of hydrogen-bond donors (Lipinski definition) is 0. The predicted octanol–water partition coefficient (Wildman–Crippen LogP) is 5.72. The van der Waals surface area contributed by atoms with Gasteiger partial charge in [0, 0.05) is 6.42 Å². The van der Waals surface area contributed by atoms with E-state index >= 15 is 0 Å². The zero-order chi connectivity index (χ0) is 21.1. The molecule has 29 heavy (non-hydrogen) atoms. The Morgan fingerprint density at radius 3 is 2.69 bits per heavy atom. The first-order chi connectivity index (χ1) is 13.7. The van der Waals surface area contributed by atoms with Crippen LogP contribution in [0.4, 0.5) is 0 Å². The summed E-state index contributed by atoms with van der Waals surface area (Å²) in [5, 5.41) is 0. The number of hydrogen-bond acceptors (Lipinski definition) is 4. The maximum atomic E-state index is 11.7. The Hall–Kier alpha value is -1.91. The zero-order valence-electron chi connectivity index (χ0n) is 18.4. The van der Waals surface area contributed by atoms with Crippen LogP contribution < -0.4 is 0 Å². The summed E-state index contributed by atoms with van der Waals surface area (Å²) < 4.78 is 5.56. The molecule has 0 amide bonds. The SMILES string of the molecule is CC(=C\Cc1ccccc1)/C=C(\C)C[C@H](C)C[C@]1(C)C[C@@]2(C)OC(=O)C[C@H]2OO1. The van der Waals surface area contributed by atoms with Crippen molar-refractivity contribution in [3.8, 4) is 0 Å². The number of rotatable bonds is 7. The van der Waals surface area contributed by atoms with Gasteiger partial charge in [0.15, 0.2) is 0 Å². The number of carbonyl (C=O) groups excluding carboxylic acids is 1. The first kappa shape index (κ1) is 21.8. The molecule has 0 bridgehead atoms. The van der Waals surface area contributed by atoms with Crippen LogP contribution in [0.5, 0.6) is 0 Å². The second kappa shape index (κ2) is 8.85. The van der Waals surface area contributed by atoms with Crippen LogP contribution in [-0.4, -0.2) is 23.3 Å². The van der Waals surface area contributed by atoms with Crippen LogP contribution in [0.25, 0.3) is 0 Å². The molecule has 0 unspecified atom stereocenters. The van der Waals surface area contributed by atoms with Crippen molar-refractivity contribution >= 4 is 5.97 Å². The van der Waals surface area contributed by atoms with Crippen molar-refractivity contribution < 1.29 is 19.3 Å². The fraction of sp³-hybridized carbons (Fsp3) is 0.560. The van der Waals surface area contributed by atoms with Crippen LogP contribution in [-0.2, 0) is 25.7 Å². The van der Waals surface area contributed by atoms with Crippen molar-refractivity contribution in [1.82, 2.24) is 0 Å². The van der Waals surface area contributed by atoms with Crippen molar-refractivity contribution in [3.63, 3.8) is 0 Å². The van der Waals surface area contributed by atoms with Gasteiger partial charge in [0.2, 0.25) is 0 Å². The predicted molar refractivity (Wildman–Crippen MR) is 114 cm³/mol. The van der Waals surface area contributed by atoms with Crippen LogP contribution in [0.2, 0.25) is 0 Å². The molecule has 4 atom stereocenters. The number of fused-ring (bicyclic) bond motifs is 1. The van der Waals surface area contributed by atoms with Gasteiger partial charge in [-0.25, -0.2) is 9.78 Å². The molecule has 4 heteroatoms. The van der Waals surface area contributed by atoms with E-state index < -0.39 is 11.2 Å². The molecule has 2 heterocycles. The van der Waals surface area contributed by atoms with Crippen LogP contribution in [0.1, 0.15) is 65.9 Å². The van der Waals surface area contributed by atoms with E-state index in [-0.39, 0.29) is 18.5 Å². The lowest BCUT2D eigenvalue weighted by molar-refractivity contribution is -0.429. The summed E-state index contributed by atoms with van der Waals surface area (Å²) in [6, 6.07) is 10.5. The van der Waals surface area contributed by atoms with Crippen molar-refractivity contribution in [1.29, 1.82) is 0 Å². The van der Waals surface area contributed by atoms with E-state index in [4.69, 9.17) is 14.5 Å². The zero-order valence-corrected chi connectivity index (χ0v) is 18.4. The van der Waals surface area contributed by atoms with Gasteiger partial charge in [0.1, 0.15) is 17.3 Å². The van der Waals surface area contributed by atoms with Crippen molar-refractivity contribution in [2.45, 2.75) is 84.0 Å². The van der Waals surface area contributed by atoms with Gasteiger partial charge in [0.05, 0.1) is 6.42 Å². The third-order valence-electron chi connectivity index (χ3n) is 5.90. The summed E-state index contributed by atoms with van der Waals surface area (Å²) in [4.78, 5) is 23.0. The average Bonchev–Trinajstić information content (AvgIpc) is 2.92. The second-order valence-corrected chi connectivity index (χ2v) is 9.43. The highest BCUT2D eigenvalue weighted by atomic mass is 17.2. The van der Waals surface area contributed by atoms with Crippen molar-refractivity contribution in [3.05, 3.63) is 59.2 Å². The van der Waals surface area contributed by atoms with E-state index in [9.17, 15) is 4.79 Å². The molecule has 1 aromatic rings. The van der Waals surface area contributed by atoms with Gasteiger partial charge < -0.3 is 4.74 Å². The average molecular weight is 399 g/mol. The van der Waals surface area contributed by atoms with Gasteiger partial charge >= 0.3 is 5.97 Å². The van der Waals surface area contributed by atoms with E-state index in [0.29, 0.717) is 12.3 Å². The smallest absolute Gasteiger partial charge is 0.309 e. The third-order valence-corrected chi connectivity index (χ3v) is 5.90. The maximum absolute atomic E-state index is 11.7. The number of benzene rings is 1. The third kappa shape index (κ3) is 5.80. The Labute approximate surface area is 174 Å². The minimum atomic E-state index is -0.578. The lowest BCUT2D eigenvalue weighted by Gasteiger charge is -2.44. The molecule has 0 N–H and O–H groups in total. The maximum Gasteiger partial charge on any atom is 0.309 e. The lowest BCUT2D eigenvalue weighted by atomic mass is 9.79. The molecule has 0 radical (unpaired) electrons. The van der Waals surface area contributed by atoms with E-state index in [1.807, 2.05) is 13.0 Å². The highest BCUT2D eigenvalue weighted by Crippen LogP contribution is 2.44. The fourth-order valence-electron chi connectivity index (χ4n) is 4.83. The summed E-state index contributed by atoms with van der Waals surface area (Å²) in [6.45, 7) is 10.6. The molecule has 2 saturated heterocycles. The summed E-state index contributed by atoms with van der Waals surface area (Å²) in [7, 11) is 0. The first-order valence-corrected chi connectivity index (χ1v) is 10.6. The molecule has 158 valence electrons. The molecule has 0 spiro atoms. The molecule has 2 fully saturated rings. The Bertz CT molecular complexity index is 781. The molecule has 0 aliphatic carbocycles. The molecule has 3 rings (SSSR count). The van der Waals surface area contributed by atoms with E-state index in [0.717, 1.165) is 19.3 Å². The summed E-state index contributed by atoms with van der Waals surface area (Å²) in [6.07, 6.45) is 8.00. The fourth-order valence-corrected chi connectivity index (χ4v) is 4.83. The molecule has 2 aliphatic heterocycles. The highest BCUT2D eigenvalue weighted by Gasteiger charge is 2.55. The second-order valence-electron chi connectivity index (χ2n) is 9.43. The lowest BCUT2D eigenvalue weighted by Crippen LogP contribution is -2.52. The normalized spacial score (nSPS) is 31.3. The van der Waals surface area contributed by atoms with Gasteiger partial charge in [-0.1, -0.05) is 60.6 Å². The Kier molecular flexibility index (Phi) is 6.65. The number of allylic oxidation sites excluding steroid dienone is 4. The number of carbonyl (C=O) groups is 1. The van der Waals surface area contributed by atoms with E-state index in [2.05, 4.69) is 64.1 Å². The largest absolute Gasteiger partial charge is 0.456 e. The first-order valence-electron chi connectivity index (χ1n) is 10.6. The quantitative estimate of drug-likeness (QED) is 0.335. The van der Waals surface area contributed by atoms with Gasteiger partial charge in [0.25, 0.3) is 0 Å². The Balaban J connectivity index is 1.53. The van der Waals surface area contributed by atoms with Crippen LogP contribution in [0.15, 0.2) is 53.6 Å². The minimum absolute atomic E-state index is 0.199. The summed E-state index contributed by atoms with van der Waals surface area (Å²) >= 11 is 0. The molecule has 2 aliphatic rings. The summed E-state index contributed by atoms with van der Waals surface area (Å²) in [5.41, 5.74) is 2.94. The van der Waals surface area contributed by atoms with Gasteiger partial charge in [-0.3, -0.25) is 4.79 Å². The summed E-state index contributed by atoms with van der Waals surface area (Å²) in [5.74, 6) is 0.231. The Morgan fingerprint density at radius 1 is 1.24 bits per heavy atom. The molecule has 1 aromatic carbocycles. The van der Waals surface area contributed by atoms with E-state index in [1.165, 1.54) is 16.7 Å². The molecule has 0 aromatic heterocycles. The monoisotopic (exact) mass is 398 g/mol. The van der Waals surface area contributed by atoms with Crippen molar-refractivity contribution in [2.75, 3.05) is 0 Å². The van der Waals surface area contributed by atoms with E-state index in [1.54, 1.807) is 0 Å². The minimum Gasteiger partial charge on any atom is -0.456 e. The van der Waals surface area contributed by atoms with Gasteiger partial charge in [-0.2, -0.15) is 0 Å². The Morgan fingerprint density at radius 2 is 1.97 bits per heavy atom. The molecular weight excluding hydrogens is 364 g/mol. The molecule has 0 saturated carbocycles. The van der Waals surface area contributed by atoms with Gasteiger partial charge in [-0.05, 0) is 58.4 Å². The van der Waals surface area contributed by atoms with Gasteiger partial charge in [-0.15, -0.1) is 0 Å².